The number of amides is 2. The van der Waals surface area contributed by atoms with E-state index in [0.717, 1.165) is 16.9 Å². The van der Waals surface area contributed by atoms with Crippen molar-refractivity contribution in [3.8, 4) is 16.9 Å². The fourth-order valence-electron chi connectivity index (χ4n) is 3.38. The van der Waals surface area contributed by atoms with Gasteiger partial charge in [0.15, 0.2) is 0 Å². The van der Waals surface area contributed by atoms with Crippen LogP contribution in [0.25, 0.3) is 11.1 Å². The number of alkyl carbamates (subject to hydrolysis) is 1. The van der Waals surface area contributed by atoms with Gasteiger partial charge in [-0.25, -0.2) is 9.59 Å². The molecule has 0 fully saturated rings. The molecule has 0 aliphatic carbocycles. The summed E-state index contributed by atoms with van der Waals surface area (Å²) in [5, 5.41) is 22.6. The van der Waals surface area contributed by atoms with E-state index in [0.29, 0.717) is 24.9 Å². The summed E-state index contributed by atoms with van der Waals surface area (Å²) in [6, 6.07) is 13.2. The van der Waals surface area contributed by atoms with Gasteiger partial charge in [0.25, 0.3) is 12.4 Å². The van der Waals surface area contributed by atoms with Crippen molar-refractivity contribution in [1.29, 1.82) is 0 Å². The summed E-state index contributed by atoms with van der Waals surface area (Å²) < 4.78 is 14.8. The third kappa shape index (κ3) is 10.2. The molecule has 0 heterocycles. The van der Waals surface area contributed by atoms with Gasteiger partial charge in [-0.15, -0.1) is 0 Å². The normalized spacial score (nSPS) is 11.9. The highest BCUT2D eigenvalue weighted by molar-refractivity contribution is 5.94. The van der Waals surface area contributed by atoms with Crippen LogP contribution in [-0.2, 0) is 23.9 Å². The number of carbonyl (C=O) groups excluding carboxylic acids is 3. The molecule has 2 aromatic rings. The maximum Gasteiger partial charge on any atom is 0.410 e. The Morgan fingerprint density at radius 3 is 2.11 bits per heavy atom. The molecule has 204 valence electrons. The Bertz CT molecular complexity index is 1090. The summed E-state index contributed by atoms with van der Waals surface area (Å²) in [6.45, 7) is 0.407. The highest BCUT2D eigenvalue weighted by atomic mass is 16.7. The summed E-state index contributed by atoms with van der Waals surface area (Å²) >= 11 is 0. The molecule has 0 saturated carbocycles. The Morgan fingerprint density at radius 1 is 0.921 bits per heavy atom. The second-order valence-corrected chi connectivity index (χ2v) is 8.09. The van der Waals surface area contributed by atoms with Gasteiger partial charge in [0, 0.05) is 24.9 Å². The van der Waals surface area contributed by atoms with E-state index in [4.69, 9.17) is 24.4 Å². The van der Waals surface area contributed by atoms with Crippen molar-refractivity contribution >= 4 is 30.4 Å². The maximum absolute atomic E-state index is 12.4. The molecule has 2 atom stereocenters. The number of nitrogens with one attached hydrogen (secondary N) is 2. The van der Waals surface area contributed by atoms with Crippen molar-refractivity contribution in [3.63, 3.8) is 0 Å². The van der Waals surface area contributed by atoms with Crippen LogP contribution in [0.15, 0.2) is 48.5 Å². The Hall–Kier alpha value is -4.61. The monoisotopic (exact) mass is 530 g/mol. The highest BCUT2D eigenvalue weighted by Crippen LogP contribution is 2.22. The fourth-order valence-corrected chi connectivity index (χ4v) is 3.38. The maximum atomic E-state index is 12.4. The largest absolute Gasteiger partial charge is 0.497 e. The zero-order valence-electron chi connectivity index (χ0n) is 20.8. The van der Waals surface area contributed by atoms with Crippen molar-refractivity contribution in [2.24, 2.45) is 0 Å². The lowest BCUT2D eigenvalue weighted by atomic mass is 10.0. The van der Waals surface area contributed by atoms with Crippen LogP contribution in [0, 0.1) is 0 Å². The molecule has 0 radical (unpaired) electrons. The Labute approximate surface area is 218 Å². The van der Waals surface area contributed by atoms with Gasteiger partial charge in [-0.1, -0.05) is 24.3 Å². The smallest absolute Gasteiger partial charge is 0.410 e. The number of carbonyl (C=O) groups is 5. The van der Waals surface area contributed by atoms with Crippen LogP contribution in [0.1, 0.15) is 42.5 Å². The molecule has 0 aromatic heterocycles. The van der Waals surface area contributed by atoms with Gasteiger partial charge in [-0.2, -0.15) is 0 Å². The zero-order valence-corrected chi connectivity index (χ0v) is 20.8. The minimum atomic E-state index is -1.48. The number of hydrogen-bond donors (Lipinski definition) is 4. The van der Waals surface area contributed by atoms with Crippen molar-refractivity contribution in [3.05, 3.63) is 54.1 Å². The van der Waals surface area contributed by atoms with Gasteiger partial charge in [-0.3, -0.25) is 14.4 Å². The Balaban J connectivity index is 1.75. The van der Waals surface area contributed by atoms with E-state index in [1.165, 1.54) is 0 Å². The summed E-state index contributed by atoms with van der Waals surface area (Å²) in [6.07, 6.45) is -2.26. The topological polar surface area (TPSA) is 178 Å². The van der Waals surface area contributed by atoms with Crippen molar-refractivity contribution in [1.82, 2.24) is 10.6 Å². The van der Waals surface area contributed by atoms with Gasteiger partial charge in [0.1, 0.15) is 11.8 Å². The number of unbranched alkanes of at least 4 members (excludes halogenated alkanes) is 1. The zero-order chi connectivity index (χ0) is 27.9. The lowest BCUT2D eigenvalue weighted by molar-refractivity contribution is -0.154. The molecule has 2 amide bonds. The van der Waals surface area contributed by atoms with Crippen LogP contribution in [0.5, 0.6) is 5.75 Å². The number of methoxy groups -OCH3 is 1. The summed E-state index contributed by atoms with van der Waals surface area (Å²) in [5.74, 6) is -2.15. The number of carboxylic acids is 2. The molecule has 2 rings (SSSR count). The lowest BCUT2D eigenvalue weighted by Crippen LogP contribution is -2.42. The van der Waals surface area contributed by atoms with Crippen molar-refractivity contribution in [2.45, 2.75) is 44.4 Å². The van der Waals surface area contributed by atoms with Crippen LogP contribution in [0.2, 0.25) is 0 Å². The van der Waals surface area contributed by atoms with E-state index in [9.17, 15) is 24.0 Å². The fraction of sp³-hybridized carbons (Fsp3) is 0.346. The van der Waals surface area contributed by atoms with Gasteiger partial charge in [-0.05, 0) is 54.7 Å². The lowest BCUT2D eigenvalue weighted by Gasteiger charge is -2.18. The molecule has 12 heteroatoms. The second kappa shape index (κ2) is 15.5. The quantitative estimate of drug-likeness (QED) is 0.143. The van der Waals surface area contributed by atoms with E-state index >= 15 is 0 Å². The Morgan fingerprint density at radius 2 is 1.55 bits per heavy atom. The van der Waals surface area contributed by atoms with Crippen LogP contribution >= 0.6 is 0 Å². The number of carboxylic acid groups (broad SMARTS) is 2. The molecule has 0 bridgehead atoms. The summed E-state index contributed by atoms with van der Waals surface area (Å²) in [7, 11) is 1.60. The van der Waals surface area contributed by atoms with E-state index in [1.807, 2.05) is 41.7 Å². The first-order valence-electron chi connectivity index (χ1n) is 11.8. The van der Waals surface area contributed by atoms with E-state index < -0.39 is 36.8 Å². The van der Waals surface area contributed by atoms with Crippen LogP contribution < -0.4 is 15.4 Å². The minimum Gasteiger partial charge on any atom is -0.497 e. The van der Waals surface area contributed by atoms with Crippen LogP contribution in [0.3, 0.4) is 0 Å². The standard InChI is InChI=1S/C26H30N2O10/c1-36-20-11-9-18(10-12-20)17-5-7-19(8-6-17)24(32)27-15-3-2-4-23(37-16-29)38-26(35)28-21(25(33)34)13-14-22(30)31/h5-12,16,21,23H,2-4,13-15H2,1H3,(H,27,32)(H,28,35)(H,30,31)(H,33,34)/t21-,23-/m0/s1. The number of aliphatic carboxylic acids is 2. The molecule has 4 N–H and O–H groups in total. The predicted molar refractivity (Wildman–Crippen MR) is 133 cm³/mol. The predicted octanol–water partition coefficient (Wildman–Crippen LogP) is 2.81. The first-order valence-corrected chi connectivity index (χ1v) is 11.8. The van der Waals surface area contributed by atoms with Crippen molar-refractivity contribution < 1.29 is 48.4 Å². The van der Waals surface area contributed by atoms with Crippen LogP contribution in [0.4, 0.5) is 4.79 Å². The molecule has 0 spiro atoms. The van der Waals surface area contributed by atoms with Gasteiger partial charge in [0.2, 0.25) is 6.29 Å². The summed E-state index contributed by atoms with van der Waals surface area (Å²) in [5.41, 5.74) is 2.42. The number of hydrogen-bond acceptors (Lipinski definition) is 8. The molecule has 0 aliphatic heterocycles. The van der Waals surface area contributed by atoms with Gasteiger partial charge >= 0.3 is 18.0 Å². The molecule has 0 saturated heterocycles. The average molecular weight is 531 g/mol. The summed E-state index contributed by atoms with van der Waals surface area (Å²) in [4.78, 5) is 56.9. The number of benzene rings is 2. The first-order chi connectivity index (χ1) is 18.2. The van der Waals surface area contributed by atoms with E-state index in [2.05, 4.69) is 5.32 Å². The van der Waals surface area contributed by atoms with Crippen LogP contribution in [-0.4, -0.2) is 66.6 Å². The minimum absolute atomic E-state index is 0.0917. The highest BCUT2D eigenvalue weighted by Gasteiger charge is 2.24. The molecule has 2 aromatic carbocycles. The number of ether oxygens (including phenoxy) is 3. The van der Waals surface area contributed by atoms with E-state index in [1.54, 1.807) is 19.2 Å². The van der Waals surface area contributed by atoms with Crippen molar-refractivity contribution in [2.75, 3.05) is 13.7 Å². The second-order valence-electron chi connectivity index (χ2n) is 8.09. The van der Waals surface area contributed by atoms with Gasteiger partial charge in [0.05, 0.1) is 7.11 Å². The third-order valence-electron chi connectivity index (χ3n) is 5.41. The third-order valence-corrected chi connectivity index (χ3v) is 5.41. The molecule has 0 aliphatic rings. The molecule has 12 nitrogen and oxygen atoms in total. The van der Waals surface area contributed by atoms with E-state index in [-0.39, 0.29) is 25.2 Å². The molecule has 38 heavy (non-hydrogen) atoms. The molecular weight excluding hydrogens is 500 g/mol. The number of rotatable bonds is 16. The SMILES string of the molecule is COc1ccc(-c2ccc(C(=O)NCCCC[C@@H](OC=O)OC(=O)N[C@@H](CCC(=O)O)C(=O)O)cc2)cc1. The molecule has 0 unspecified atom stereocenters. The average Bonchev–Trinajstić information content (AvgIpc) is 2.90. The first kappa shape index (κ1) is 29.6. The Kier molecular flexibility index (Phi) is 12.1. The van der Waals surface area contributed by atoms with Gasteiger partial charge < -0.3 is 35.1 Å². The molecular formula is C26H30N2O10.